The van der Waals surface area contributed by atoms with Gasteiger partial charge in [-0.05, 0) is 55.7 Å². The van der Waals surface area contributed by atoms with E-state index in [2.05, 4.69) is 15.1 Å². The van der Waals surface area contributed by atoms with Crippen molar-refractivity contribution in [3.8, 4) is 17.0 Å². The predicted molar refractivity (Wildman–Crippen MR) is 149 cm³/mol. The van der Waals surface area contributed by atoms with E-state index in [-0.39, 0.29) is 24.5 Å². The van der Waals surface area contributed by atoms with Crippen LogP contribution in [0.5, 0.6) is 5.75 Å². The largest absolute Gasteiger partial charge is 0.497 e. The van der Waals surface area contributed by atoms with Gasteiger partial charge in [-0.25, -0.2) is 0 Å². The minimum atomic E-state index is -0.123. The number of methoxy groups -OCH3 is 1. The molecule has 0 N–H and O–H groups in total. The van der Waals surface area contributed by atoms with Crippen LogP contribution in [0.25, 0.3) is 11.3 Å². The van der Waals surface area contributed by atoms with Gasteiger partial charge in [0, 0.05) is 50.5 Å². The van der Waals surface area contributed by atoms with Crippen molar-refractivity contribution in [1.82, 2.24) is 20.0 Å². The van der Waals surface area contributed by atoms with Crippen LogP contribution in [0.4, 0.5) is 5.82 Å². The van der Waals surface area contributed by atoms with Crippen LogP contribution in [0.3, 0.4) is 0 Å². The maximum absolute atomic E-state index is 13.4. The fraction of sp³-hybridized carbons (Fsp3) is 0.400. The molecular weight excluding hydrogens is 494 g/mol. The second-order valence-corrected chi connectivity index (χ2v) is 10.0. The second-order valence-electron chi connectivity index (χ2n) is 10.0. The number of carbonyl (C=O) groups excluding carboxylic acids is 2. The van der Waals surface area contributed by atoms with Crippen molar-refractivity contribution >= 4 is 17.6 Å². The first-order valence-corrected chi connectivity index (χ1v) is 13.5. The summed E-state index contributed by atoms with van der Waals surface area (Å²) in [5.41, 5.74) is 3.25. The van der Waals surface area contributed by atoms with Crippen molar-refractivity contribution in [3.63, 3.8) is 0 Å². The molecule has 204 valence electrons. The number of rotatable bonds is 8. The SMILES string of the molecule is COc1cccc(-c2ccc(N3CCN(C(=O)CN(CC4CCCO4)C(=O)c4ccccc4C)CC3)nn2)c1. The zero-order valence-corrected chi connectivity index (χ0v) is 22.6. The van der Waals surface area contributed by atoms with Gasteiger partial charge < -0.3 is 24.2 Å². The van der Waals surface area contributed by atoms with Gasteiger partial charge in [0.25, 0.3) is 5.91 Å². The van der Waals surface area contributed by atoms with Crippen molar-refractivity contribution in [3.05, 3.63) is 71.8 Å². The molecule has 39 heavy (non-hydrogen) atoms. The lowest BCUT2D eigenvalue weighted by Gasteiger charge is -2.36. The Bertz CT molecular complexity index is 1280. The average Bonchev–Trinajstić information content (AvgIpc) is 3.50. The van der Waals surface area contributed by atoms with Gasteiger partial charge in [0.15, 0.2) is 5.82 Å². The van der Waals surface area contributed by atoms with Crippen LogP contribution in [-0.2, 0) is 9.53 Å². The van der Waals surface area contributed by atoms with Gasteiger partial charge in [-0.15, -0.1) is 10.2 Å². The number of aromatic nitrogens is 2. The minimum absolute atomic E-state index is 0.0267. The highest BCUT2D eigenvalue weighted by molar-refractivity contribution is 5.97. The summed E-state index contributed by atoms with van der Waals surface area (Å²) < 4.78 is 11.1. The predicted octanol–water partition coefficient (Wildman–Crippen LogP) is 3.43. The van der Waals surface area contributed by atoms with Gasteiger partial charge in [0.05, 0.1) is 18.9 Å². The minimum Gasteiger partial charge on any atom is -0.497 e. The molecule has 0 bridgehead atoms. The Kier molecular flexibility index (Phi) is 8.36. The smallest absolute Gasteiger partial charge is 0.254 e. The first kappa shape index (κ1) is 26.6. The van der Waals surface area contributed by atoms with Crippen LogP contribution in [0.2, 0.25) is 0 Å². The molecule has 0 spiro atoms. The number of carbonyl (C=O) groups is 2. The van der Waals surface area contributed by atoms with Crippen molar-refractivity contribution in [1.29, 1.82) is 0 Å². The molecule has 2 aliphatic rings. The van der Waals surface area contributed by atoms with E-state index >= 15 is 0 Å². The molecule has 2 aliphatic heterocycles. The lowest BCUT2D eigenvalue weighted by atomic mass is 10.1. The summed E-state index contributed by atoms with van der Waals surface area (Å²) in [5.74, 6) is 1.38. The Morgan fingerprint density at radius 1 is 1.03 bits per heavy atom. The van der Waals surface area contributed by atoms with Crippen LogP contribution in [-0.4, -0.2) is 90.9 Å². The summed E-state index contributed by atoms with van der Waals surface area (Å²) in [5, 5.41) is 8.85. The number of benzene rings is 2. The molecule has 3 heterocycles. The Morgan fingerprint density at radius 2 is 1.85 bits per heavy atom. The summed E-state index contributed by atoms with van der Waals surface area (Å²) >= 11 is 0. The molecule has 9 heteroatoms. The summed E-state index contributed by atoms with van der Waals surface area (Å²) in [7, 11) is 1.64. The van der Waals surface area contributed by atoms with E-state index in [1.54, 1.807) is 12.0 Å². The van der Waals surface area contributed by atoms with Crippen LogP contribution < -0.4 is 9.64 Å². The number of hydrogen-bond donors (Lipinski definition) is 0. The van der Waals surface area contributed by atoms with E-state index in [4.69, 9.17) is 9.47 Å². The van der Waals surface area contributed by atoms with E-state index < -0.39 is 0 Å². The summed E-state index contributed by atoms with van der Waals surface area (Å²) in [6.07, 6.45) is 1.86. The number of piperazine rings is 1. The molecule has 1 atom stereocenters. The van der Waals surface area contributed by atoms with Crippen LogP contribution in [0, 0.1) is 6.92 Å². The third kappa shape index (κ3) is 6.37. The van der Waals surface area contributed by atoms with E-state index in [0.29, 0.717) is 44.9 Å². The van der Waals surface area contributed by atoms with Gasteiger partial charge >= 0.3 is 0 Å². The summed E-state index contributed by atoms with van der Waals surface area (Å²) in [4.78, 5) is 32.4. The summed E-state index contributed by atoms with van der Waals surface area (Å²) in [6.45, 7) is 5.51. The van der Waals surface area contributed by atoms with E-state index in [9.17, 15) is 9.59 Å². The number of hydrogen-bond acceptors (Lipinski definition) is 7. The van der Waals surface area contributed by atoms with Crippen molar-refractivity contribution in [2.45, 2.75) is 25.9 Å². The second kappa shape index (κ2) is 12.3. The van der Waals surface area contributed by atoms with Gasteiger partial charge in [-0.1, -0.05) is 30.3 Å². The third-order valence-electron chi connectivity index (χ3n) is 7.41. The number of nitrogens with zero attached hydrogens (tertiary/aromatic N) is 5. The van der Waals surface area contributed by atoms with E-state index in [0.717, 1.165) is 41.2 Å². The van der Waals surface area contributed by atoms with Crippen LogP contribution in [0.15, 0.2) is 60.7 Å². The zero-order chi connectivity index (χ0) is 27.2. The van der Waals surface area contributed by atoms with Gasteiger partial charge in [-0.2, -0.15) is 0 Å². The lowest BCUT2D eigenvalue weighted by Crippen LogP contribution is -2.52. The highest BCUT2D eigenvalue weighted by Gasteiger charge is 2.29. The Balaban J connectivity index is 1.20. The first-order valence-electron chi connectivity index (χ1n) is 13.5. The fourth-order valence-corrected chi connectivity index (χ4v) is 5.12. The molecule has 2 aromatic carbocycles. The van der Waals surface area contributed by atoms with E-state index in [1.807, 2.05) is 72.5 Å². The van der Waals surface area contributed by atoms with Crippen molar-refractivity contribution < 1.29 is 19.1 Å². The molecule has 2 saturated heterocycles. The van der Waals surface area contributed by atoms with Crippen molar-refractivity contribution in [2.24, 2.45) is 0 Å². The maximum Gasteiger partial charge on any atom is 0.254 e. The third-order valence-corrected chi connectivity index (χ3v) is 7.41. The molecule has 1 unspecified atom stereocenters. The fourth-order valence-electron chi connectivity index (χ4n) is 5.12. The average molecular weight is 530 g/mol. The van der Waals surface area contributed by atoms with Crippen LogP contribution >= 0.6 is 0 Å². The molecule has 2 amide bonds. The van der Waals surface area contributed by atoms with Gasteiger partial charge in [-0.3, -0.25) is 9.59 Å². The highest BCUT2D eigenvalue weighted by atomic mass is 16.5. The Morgan fingerprint density at radius 3 is 2.54 bits per heavy atom. The number of ether oxygens (including phenoxy) is 2. The number of amides is 2. The molecule has 1 aromatic heterocycles. The quantitative estimate of drug-likeness (QED) is 0.442. The number of anilines is 1. The summed E-state index contributed by atoms with van der Waals surface area (Å²) in [6, 6.07) is 19.2. The highest BCUT2D eigenvalue weighted by Crippen LogP contribution is 2.23. The molecule has 9 nitrogen and oxygen atoms in total. The maximum atomic E-state index is 13.4. The molecule has 2 fully saturated rings. The van der Waals surface area contributed by atoms with Crippen molar-refractivity contribution in [2.75, 3.05) is 57.9 Å². The molecule has 0 aliphatic carbocycles. The standard InChI is InChI=1S/C30H35N5O4/c1-22-7-3-4-11-26(22)30(37)35(20-25-10-6-18-39-25)21-29(36)34-16-14-33(15-17-34)28-13-12-27(31-32-28)23-8-5-9-24(19-23)38-2/h3-5,7-9,11-13,19,25H,6,10,14-18,20-21H2,1-2H3. The molecular formula is C30H35N5O4. The Hall–Kier alpha value is -3.98. The van der Waals surface area contributed by atoms with Gasteiger partial charge in [0.1, 0.15) is 12.3 Å². The van der Waals surface area contributed by atoms with Gasteiger partial charge in [0.2, 0.25) is 5.91 Å². The first-order chi connectivity index (χ1) is 19.0. The molecule has 3 aromatic rings. The monoisotopic (exact) mass is 529 g/mol. The molecule has 0 radical (unpaired) electrons. The lowest BCUT2D eigenvalue weighted by molar-refractivity contribution is -0.132. The van der Waals surface area contributed by atoms with Crippen LogP contribution in [0.1, 0.15) is 28.8 Å². The topological polar surface area (TPSA) is 88.1 Å². The zero-order valence-electron chi connectivity index (χ0n) is 22.6. The normalized spacial score (nSPS) is 17.2. The molecule has 5 rings (SSSR count). The number of aryl methyl sites for hydroxylation is 1. The Labute approximate surface area is 229 Å². The van der Waals surface area contributed by atoms with E-state index in [1.165, 1.54) is 0 Å². The molecule has 0 saturated carbocycles.